The maximum Gasteiger partial charge on any atom is 0.271 e. The largest absolute Gasteiger partial charge is 0.364 e. The molecular formula is C10H9BrN4O. The van der Waals surface area contributed by atoms with Gasteiger partial charge in [0.1, 0.15) is 5.69 Å². The van der Waals surface area contributed by atoms with E-state index in [1.807, 2.05) is 25.1 Å². The van der Waals surface area contributed by atoms with Crippen molar-refractivity contribution in [2.24, 2.45) is 5.73 Å². The lowest BCUT2D eigenvalue weighted by Gasteiger charge is -2.01. The molecule has 6 heteroatoms. The maximum absolute atomic E-state index is 11.1. The molecular weight excluding hydrogens is 272 g/mol. The van der Waals surface area contributed by atoms with Crippen LogP contribution in [0.25, 0.3) is 11.3 Å². The van der Waals surface area contributed by atoms with Crippen LogP contribution in [0.5, 0.6) is 0 Å². The summed E-state index contributed by atoms with van der Waals surface area (Å²) in [4.78, 5) is 11.1. The number of carbonyl (C=O) groups excluding carboxylic acids is 1. The zero-order valence-electron chi connectivity index (χ0n) is 8.49. The predicted molar refractivity (Wildman–Crippen MR) is 62.8 cm³/mol. The summed E-state index contributed by atoms with van der Waals surface area (Å²) in [5, 5.41) is 10.0. The topological polar surface area (TPSA) is 84.7 Å². The molecule has 1 aromatic heterocycles. The van der Waals surface area contributed by atoms with Crippen molar-refractivity contribution in [2.45, 2.75) is 6.92 Å². The number of H-pyrrole nitrogens is 1. The summed E-state index contributed by atoms with van der Waals surface area (Å²) in [6, 6.07) is 5.65. The molecule has 2 rings (SSSR count). The van der Waals surface area contributed by atoms with Crippen LogP contribution < -0.4 is 5.73 Å². The number of nitrogens with one attached hydrogen (secondary N) is 1. The molecule has 0 aliphatic carbocycles. The molecule has 0 radical (unpaired) electrons. The number of aromatic amines is 1. The molecule has 0 aliphatic rings. The fourth-order valence-electron chi connectivity index (χ4n) is 1.40. The Kier molecular flexibility index (Phi) is 2.74. The molecule has 0 saturated carbocycles. The molecule has 0 atom stereocenters. The van der Waals surface area contributed by atoms with Gasteiger partial charge in [0.15, 0.2) is 5.69 Å². The van der Waals surface area contributed by atoms with Crippen LogP contribution in [0.4, 0.5) is 0 Å². The maximum atomic E-state index is 11.1. The van der Waals surface area contributed by atoms with E-state index in [1.54, 1.807) is 0 Å². The van der Waals surface area contributed by atoms with Gasteiger partial charge in [-0.1, -0.05) is 22.0 Å². The molecule has 0 aliphatic heterocycles. The van der Waals surface area contributed by atoms with Gasteiger partial charge in [-0.25, -0.2) is 0 Å². The molecule has 0 fully saturated rings. The zero-order valence-corrected chi connectivity index (χ0v) is 10.1. The third-order valence-electron chi connectivity index (χ3n) is 2.21. The van der Waals surface area contributed by atoms with Crippen LogP contribution in [-0.4, -0.2) is 21.3 Å². The van der Waals surface area contributed by atoms with E-state index in [0.29, 0.717) is 5.69 Å². The number of primary amides is 1. The SMILES string of the molecule is Cc1cc(-c2n[nH]nc2C(N)=O)ccc1Br. The lowest BCUT2D eigenvalue weighted by molar-refractivity contribution is 0.0996. The highest BCUT2D eigenvalue weighted by Crippen LogP contribution is 2.24. The summed E-state index contributed by atoms with van der Waals surface area (Å²) in [6.45, 7) is 1.96. The summed E-state index contributed by atoms with van der Waals surface area (Å²) in [6.07, 6.45) is 0. The van der Waals surface area contributed by atoms with Crippen molar-refractivity contribution in [1.82, 2.24) is 15.4 Å². The van der Waals surface area contributed by atoms with Crippen LogP contribution in [-0.2, 0) is 0 Å². The number of hydrogen-bond acceptors (Lipinski definition) is 3. The first-order valence-corrected chi connectivity index (χ1v) is 5.36. The van der Waals surface area contributed by atoms with Gasteiger partial charge < -0.3 is 5.73 Å². The molecule has 1 aromatic carbocycles. The van der Waals surface area contributed by atoms with Crippen LogP contribution >= 0.6 is 15.9 Å². The Morgan fingerprint density at radius 3 is 2.81 bits per heavy atom. The quantitative estimate of drug-likeness (QED) is 0.877. The number of nitrogens with zero attached hydrogens (tertiary/aromatic N) is 2. The van der Waals surface area contributed by atoms with Gasteiger partial charge in [-0.05, 0) is 24.6 Å². The first kappa shape index (κ1) is 10.8. The number of aromatic nitrogens is 3. The minimum atomic E-state index is -0.593. The van der Waals surface area contributed by atoms with Gasteiger partial charge in [-0.3, -0.25) is 4.79 Å². The van der Waals surface area contributed by atoms with Crippen molar-refractivity contribution >= 4 is 21.8 Å². The number of halogens is 1. The van der Waals surface area contributed by atoms with Gasteiger partial charge in [0, 0.05) is 10.0 Å². The average Bonchev–Trinajstić information content (AvgIpc) is 2.71. The number of amides is 1. The minimum absolute atomic E-state index is 0.154. The number of nitrogens with two attached hydrogens (primary N) is 1. The van der Waals surface area contributed by atoms with Crippen LogP contribution in [0.3, 0.4) is 0 Å². The summed E-state index contributed by atoms with van der Waals surface area (Å²) in [5.74, 6) is -0.593. The minimum Gasteiger partial charge on any atom is -0.364 e. The molecule has 3 N–H and O–H groups in total. The first-order chi connectivity index (χ1) is 7.59. The van der Waals surface area contributed by atoms with E-state index in [9.17, 15) is 4.79 Å². The van der Waals surface area contributed by atoms with Crippen molar-refractivity contribution in [1.29, 1.82) is 0 Å². The monoisotopic (exact) mass is 280 g/mol. The van der Waals surface area contributed by atoms with Gasteiger partial charge in [0.2, 0.25) is 0 Å². The molecule has 0 unspecified atom stereocenters. The summed E-state index contributed by atoms with van der Waals surface area (Å²) >= 11 is 3.40. The number of hydrogen-bond donors (Lipinski definition) is 2. The van der Waals surface area contributed by atoms with Crippen LogP contribution in [0.1, 0.15) is 16.1 Å². The van der Waals surface area contributed by atoms with Crippen molar-refractivity contribution in [3.8, 4) is 11.3 Å². The number of aryl methyl sites for hydroxylation is 1. The Bertz CT molecular complexity index is 550. The second kappa shape index (κ2) is 4.05. The van der Waals surface area contributed by atoms with Gasteiger partial charge >= 0.3 is 0 Å². The van der Waals surface area contributed by atoms with Crippen molar-refractivity contribution in [3.05, 3.63) is 33.9 Å². The molecule has 2 aromatic rings. The standard InChI is InChI=1S/C10H9BrN4O/c1-5-4-6(2-3-7(5)11)8-9(10(12)16)14-15-13-8/h2-4H,1H3,(H2,12,16)(H,13,14,15). The molecule has 0 bridgehead atoms. The van der Waals surface area contributed by atoms with Crippen LogP contribution in [0.2, 0.25) is 0 Å². The second-order valence-electron chi connectivity index (χ2n) is 3.35. The van der Waals surface area contributed by atoms with E-state index in [-0.39, 0.29) is 5.69 Å². The zero-order chi connectivity index (χ0) is 11.7. The summed E-state index contributed by atoms with van der Waals surface area (Å²) < 4.78 is 1.00. The Labute approximate surface area is 100 Å². The fourth-order valence-corrected chi connectivity index (χ4v) is 1.64. The highest BCUT2D eigenvalue weighted by molar-refractivity contribution is 9.10. The number of benzene rings is 1. The van der Waals surface area contributed by atoms with E-state index in [2.05, 4.69) is 31.3 Å². The third kappa shape index (κ3) is 1.83. The normalized spacial score (nSPS) is 10.4. The smallest absolute Gasteiger partial charge is 0.271 e. The Morgan fingerprint density at radius 2 is 2.19 bits per heavy atom. The lowest BCUT2D eigenvalue weighted by atomic mass is 10.1. The first-order valence-electron chi connectivity index (χ1n) is 4.56. The molecule has 82 valence electrons. The molecule has 16 heavy (non-hydrogen) atoms. The second-order valence-corrected chi connectivity index (χ2v) is 4.20. The highest BCUT2D eigenvalue weighted by atomic mass is 79.9. The highest BCUT2D eigenvalue weighted by Gasteiger charge is 2.15. The van der Waals surface area contributed by atoms with Gasteiger partial charge in [-0.2, -0.15) is 15.4 Å². The third-order valence-corrected chi connectivity index (χ3v) is 3.10. The Balaban J connectivity index is 2.54. The number of rotatable bonds is 2. The van der Waals surface area contributed by atoms with Crippen molar-refractivity contribution in [3.63, 3.8) is 0 Å². The van der Waals surface area contributed by atoms with E-state index in [1.165, 1.54) is 0 Å². The molecule has 1 heterocycles. The average molecular weight is 281 g/mol. The van der Waals surface area contributed by atoms with Gasteiger partial charge in [-0.15, -0.1) is 0 Å². The van der Waals surface area contributed by atoms with E-state index in [0.717, 1.165) is 15.6 Å². The summed E-state index contributed by atoms with van der Waals surface area (Å²) in [5.41, 5.74) is 7.68. The Morgan fingerprint density at radius 1 is 1.44 bits per heavy atom. The van der Waals surface area contributed by atoms with Gasteiger partial charge in [0.05, 0.1) is 0 Å². The van der Waals surface area contributed by atoms with E-state index >= 15 is 0 Å². The number of carbonyl (C=O) groups is 1. The van der Waals surface area contributed by atoms with Crippen LogP contribution in [0, 0.1) is 6.92 Å². The molecule has 1 amide bonds. The Hall–Kier alpha value is -1.69. The lowest BCUT2D eigenvalue weighted by Crippen LogP contribution is -2.12. The van der Waals surface area contributed by atoms with Crippen LogP contribution in [0.15, 0.2) is 22.7 Å². The van der Waals surface area contributed by atoms with Crippen molar-refractivity contribution in [2.75, 3.05) is 0 Å². The summed E-state index contributed by atoms with van der Waals surface area (Å²) in [7, 11) is 0. The molecule has 0 saturated heterocycles. The fraction of sp³-hybridized carbons (Fsp3) is 0.100. The van der Waals surface area contributed by atoms with Gasteiger partial charge in [0.25, 0.3) is 5.91 Å². The van der Waals surface area contributed by atoms with Crippen molar-refractivity contribution < 1.29 is 4.79 Å². The van der Waals surface area contributed by atoms with E-state index in [4.69, 9.17) is 5.73 Å². The van der Waals surface area contributed by atoms with E-state index < -0.39 is 5.91 Å². The molecule has 0 spiro atoms. The molecule has 5 nitrogen and oxygen atoms in total. The predicted octanol–water partition coefficient (Wildman–Crippen LogP) is 1.64.